The SMILES string of the molecule is CCNc1cc(Sc2ccccc2Cl)cc([N+](=O)[O-])c1. The van der Waals surface area contributed by atoms with Crippen LogP contribution in [0.2, 0.25) is 5.02 Å². The van der Waals surface area contributed by atoms with Crippen LogP contribution in [-0.4, -0.2) is 11.5 Å². The molecule has 4 nitrogen and oxygen atoms in total. The molecule has 2 aromatic rings. The van der Waals surface area contributed by atoms with Crippen molar-refractivity contribution >= 4 is 34.7 Å². The van der Waals surface area contributed by atoms with Gasteiger partial charge in [0.1, 0.15) is 0 Å². The summed E-state index contributed by atoms with van der Waals surface area (Å²) in [6.45, 7) is 2.65. The Morgan fingerprint density at radius 1 is 1.30 bits per heavy atom. The third-order valence-corrected chi connectivity index (χ3v) is 4.04. The van der Waals surface area contributed by atoms with Crippen molar-refractivity contribution in [1.29, 1.82) is 0 Å². The van der Waals surface area contributed by atoms with Crippen LogP contribution in [0.3, 0.4) is 0 Å². The summed E-state index contributed by atoms with van der Waals surface area (Å²) in [6.07, 6.45) is 0. The van der Waals surface area contributed by atoms with Gasteiger partial charge < -0.3 is 5.32 Å². The standard InChI is InChI=1S/C14H13ClN2O2S/c1-2-16-10-7-11(17(18)19)9-12(8-10)20-14-6-4-3-5-13(14)15/h3-9,16H,2H2,1H3. The molecule has 0 amide bonds. The van der Waals surface area contributed by atoms with Crippen LogP contribution < -0.4 is 5.32 Å². The lowest BCUT2D eigenvalue weighted by Crippen LogP contribution is -1.98. The molecule has 0 heterocycles. The number of anilines is 1. The number of nitro benzene ring substituents is 1. The number of non-ortho nitro benzene ring substituents is 1. The highest BCUT2D eigenvalue weighted by Crippen LogP contribution is 2.36. The third kappa shape index (κ3) is 3.65. The highest BCUT2D eigenvalue weighted by Gasteiger charge is 2.11. The van der Waals surface area contributed by atoms with Gasteiger partial charge in [-0.3, -0.25) is 10.1 Å². The van der Waals surface area contributed by atoms with Crippen LogP contribution >= 0.6 is 23.4 Å². The minimum absolute atomic E-state index is 0.0676. The monoisotopic (exact) mass is 308 g/mol. The maximum Gasteiger partial charge on any atom is 0.272 e. The summed E-state index contributed by atoms with van der Waals surface area (Å²) in [6, 6.07) is 12.4. The summed E-state index contributed by atoms with van der Waals surface area (Å²) in [5.74, 6) is 0. The average molecular weight is 309 g/mol. The van der Waals surface area contributed by atoms with E-state index in [4.69, 9.17) is 11.6 Å². The Morgan fingerprint density at radius 3 is 2.70 bits per heavy atom. The molecule has 2 rings (SSSR count). The third-order valence-electron chi connectivity index (χ3n) is 2.55. The lowest BCUT2D eigenvalue weighted by Gasteiger charge is -2.08. The van der Waals surface area contributed by atoms with Crippen molar-refractivity contribution in [2.24, 2.45) is 0 Å². The molecule has 2 aromatic carbocycles. The first-order valence-corrected chi connectivity index (χ1v) is 7.25. The smallest absolute Gasteiger partial charge is 0.272 e. The summed E-state index contributed by atoms with van der Waals surface area (Å²) in [7, 11) is 0. The summed E-state index contributed by atoms with van der Waals surface area (Å²) in [5.41, 5.74) is 0.800. The zero-order valence-corrected chi connectivity index (χ0v) is 12.4. The average Bonchev–Trinajstić information content (AvgIpc) is 2.41. The lowest BCUT2D eigenvalue weighted by atomic mass is 10.3. The van der Waals surface area contributed by atoms with Crippen LogP contribution in [0.1, 0.15) is 6.92 Å². The Hall–Kier alpha value is -1.72. The molecule has 0 aliphatic rings. The molecule has 104 valence electrons. The van der Waals surface area contributed by atoms with Crippen LogP contribution in [0, 0.1) is 10.1 Å². The van der Waals surface area contributed by atoms with Crippen molar-refractivity contribution in [3.05, 3.63) is 57.6 Å². The molecule has 0 aliphatic heterocycles. The van der Waals surface area contributed by atoms with E-state index in [-0.39, 0.29) is 5.69 Å². The molecular formula is C14H13ClN2O2S. The Balaban J connectivity index is 2.35. The van der Waals surface area contributed by atoms with Gasteiger partial charge in [0.05, 0.1) is 9.95 Å². The molecule has 0 aromatic heterocycles. The number of hydrogen-bond donors (Lipinski definition) is 1. The zero-order valence-electron chi connectivity index (χ0n) is 10.8. The molecule has 0 atom stereocenters. The van der Waals surface area contributed by atoms with Crippen LogP contribution in [0.15, 0.2) is 52.3 Å². The number of rotatable bonds is 5. The van der Waals surface area contributed by atoms with Crippen LogP contribution in [0.5, 0.6) is 0 Å². The van der Waals surface area contributed by atoms with Gasteiger partial charge in [-0.25, -0.2) is 0 Å². The van der Waals surface area contributed by atoms with Gasteiger partial charge in [0, 0.05) is 34.2 Å². The predicted octanol–water partition coefficient (Wildman–Crippen LogP) is 4.83. The van der Waals surface area contributed by atoms with Gasteiger partial charge in [-0.05, 0) is 25.1 Å². The molecule has 0 unspecified atom stereocenters. The minimum Gasteiger partial charge on any atom is -0.385 e. The van der Waals surface area contributed by atoms with Crippen molar-refractivity contribution < 1.29 is 4.92 Å². The first-order chi connectivity index (χ1) is 9.60. The zero-order chi connectivity index (χ0) is 14.5. The van der Waals surface area contributed by atoms with Crippen molar-refractivity contribution in [2.45, 2.75) is 16.7 Å². The summed E-state index contributed by atoms with van der Waals surface area (Å²) >= 11 is 7.52. The van der Waals surface area contributed by atoms with Crippen LogP contribution in [0.25, 0.3) is 0 Å². The highest BCUT2D eigenvalue weighted by molar-refractivity contribution is 7.99. The molecular weight excluding hydrogens is 296 g/mol. The van der Waals surface area contributed by atoms with E-state index in [1.54, 1.807) is 12.1 Å². The molecule has 0 fully saturated rings. The molecule has 0 spiro atoms. The van der Waals surface area contributed by atoms with Gasteiger partial charge in [-0.2, -0.15) is 0 Å². The Bertz CT molecular complexity index is 634. The summed E-state index contributed by atoms with van der Waals surface area (Å²) in [5, 5.41) is 14.7. The molecule has 1 N–H and O–H groups in total. The number of nitrogens with zero attached hydrogens (tertiary/aromatic N) is 1. The number of nitro groups is 1. The first kappa shape index (κ1) is 14.7. The van der Waals surface area contributed by atoms with Crippen molar-refractivity contribution in [3.63, 3.8) is 0 Å². The van der Waals surface area contributed by atoms with Gasteiger partial charge in [0.15, 0.2) is 0 Å². The lowest BCUT2D eigenvalue weighted by molar-refractivity contribution is -0.385. The Labute approximate surface area is 126 Å². The van der Waals surface area contributed by atoms with Gasteiger partial charge >= 0.3 is 0 Å². The van der Waals surface area contributed by atoms with Gasteiger partial charge in [-0.15, -0.1) is 0 Å². The molecule has 0 aliphatic carbocycles. The Morgan fingerprint density at radius 2 is 2.05 bits per heavy atom. The van der Waals surface area contributed by atoms with Crippen molar-refractivity contribution in [1.82, 2.24) is 0 Å². The fraction of sp³-hybridized carbons (Fsp3) is 0.143. The maximum absolute atomic E-state index is 11.0. The first-order valence-electron chi connectivity index (χ1n) is 6.06. The predicted molar refractivity (Wildman–Crippen MR) is 82.8 cm³/mol. The number of benzene rings is 2. The van der Waals surface area contributed by atoms with Crippen LogP contribution in [0.4, 0.5) is 11.4 Å². The van der Waals surface area contributed by atoms with E-state index >= 15 is 0 Å². The molecule has 0 radical (unpaired) electrons. The van der Waals surface area contributed by atoms with E-state index in [1.807, 2.05) is 31.2 Å². The van der Waals surface area contributed by atoms with E-state index < -0.39 is 4.92 Å². The molecule has 0 saturated carbocycles. The van der Waals surface area contributed by atoms with E-state index in [1.165, 1.54) is 17.8 Å². The van der Waals surface area contributed by atoms with Gasteiger partial charge in [0.2, 0.25) is 0 Å². The largest absolute Gasteiger partial charge is 0.385 e. The molecule has 0 bridgehead atoms. The normalized spacial score (nSPS) is 10.3. The second-order valence-corrected chi connectivity index (χ2v) is 5.56. The maximum atomic E-state index is 11.0. The van der Waals surface area contributed by atoms with Crippen molar-refractivity contribution in [3.8, 4) is 0 Å². The number of nitrogens with one attached hydrogen (secondary N) is 1. The second kappa shape index (κ2) is 6.63. The van der Waals surface area contributed by atoms with E-state index in [2.05, 4.69) is 5.32 Å². The van der Waals surface area contributed by atoms with Gasteiger partial charge in [0.25, 0.3) is 5.69 Å². The van der Waals surface area contributed by atoms with E-state index in [0.717, 1.165) is 15.5 Å². The van der Waals surface area contributed by atoms with E-state index in [0.29, 0.717) is 11.6 Å². The summed E-state index contributed by atoms with van der Waals surface area (Å²) in [4.78, 5) is 12.2. The topological polar surface area (TPSA) is 55.2 Å². The van der Waals surface area contributed by atoms with Crippen molar-refractivity contribution in [2.75, 3.05) is 11.9 Å². The fourth-order valence-electron chi connectivity index (χ4n) is 1.71. The number of halogens is 1. The molecule has 0 saturated heterocycles. The minimum atomic E-state index is -0.391. The van der Waals surface area contributed by atoms with Gasteiger partial charge in [-0.1, -0.05) is 35.5 Å². The summed E-state index contributed by atoms with van der Waals surface area (Å²) < 4.78 is 0. The highest BCUT2D eigenvalue weighted by atomic mass is 35.5. The van der Waals surface area contributed by atoms with Crippen LogP contribution in [-0.2, 0) is 0 Å². The number of hydrogen-bond acceptors (Lipinski definition) is 4. The Kier molecular flexibility index (Phi) is 4.87. The quantitative estimate of drug-likeness (QED) is 0.635. The fourth-order valence-corrected chi connectivity index (χ4v) is 2.89. The molecule has 20 heavy (non-hydrogen) atoms. The molecule has 6 heteroatoms. The van der Waals surface area contributed by atoms with E-state index in [9.17, 15) is 10.1 Å². The second-order valence-electron chi connectivity index (χ2n) is 4.04.